The van der Waals surface area contributed by atoms with Crippen LogP contribution in [-0.2, 0) is 11.8 Å². The van der Waals surface area contributed by atoms with Gasteiger partial charge in [0, 0.05) is 60.2 Å². The summed E-state index contributed by atoms with van der Waals surface area (Å²) in [4.78, 5) is 22.3. The summed E-state index contributed by atoms with van der Waals surface area (Å²) in [6.45, 7) is 4.23. The number of aryl methyl sites for hydroxylation is 1. The van der Waals surface area contributed by atoms with Crippen molar-refractivity contribution >= 4 is 22.1 Å². The van der Waals surface area contributed by atoms with Crippen LogP contribution >= 0.6 is 0 Å². The molecule has 0 radical (unpaired) electrons. The number of halogens is 1. The fraction of sp³-hybridized carbons (Fsp3) is 0.357. The molecule has 5 heterocycles. The van der Waals surface area contributed by atoms with Crippen molar-refractivity contribution in [2.45, 2.75) is 51.4 Å². The summed E-state index contributed by atoms with van der Waals surface area (Å²) < 4.78 is 30.8. The van der Waals surface area contributed by atoms with Crippen molar-refractivity contribution in [3.05, 3.63) is 64.9 Å². The van der Waals surface area contributed by atoms with Crippen LogP contribution in [0.3, 0.4) is 0 Å². The van der Waals surface area contributed by atoms with E-state index in [1.807, 2.05) is 0 Å². The second kappa shape index (κ2) is 9.45. The van der Waals surface area contributed by atoms with Gasteiger partial charge in [-0.3, -0.25) is 14.2 Å². The van der Waals surface area contributed by atoms with E-state index in [-0.39, 0.29) is 12.1 Å². The van der Waals surface area contributed by atoms with Gasteiger partial charge in [-0.2, -0.15) is 10.1 Å². The first-order chi connectivity index (χ1) is 18.3. The van der Waals surface area contributed by atoms with Crippen molar-refractivity contribution < 1.29 is 18.7 Å². The number of pyridine rings is 1. The predicted octanol–water partition coefficient (Wildman–Crippen LogP) is 4.93. The Labute approximate surface area is 217 Å². The lowest BCUT2D eigenvalue weighted by Gasteiger charge is -2.30. The number of aliphatic hydroxyl groups excluding tert-OH is 1. The molecule has 0 aliphatic carbocycles. The molecule has 1 N–H and O–H groups in total. The number of ether oxygens (including phenoxy) is 1. The molecule has 196 valence electrons. The maximum Gasteiger partial charge on any atom is 0.349 e. The molecule has 10 heteroatoms. The van der Waals surface area contributed by atoms with Crippen LogP contribution < -0.4 is 5.69 Å². The van der Waals surface area contributed by atoms with Gasteiger partial charge in [0.1, 0.15) is 22.6 Å². The van der Waals surface area contributed by atoms with Gasteiger partial charge in [0.25, 0.3) is 0 Å². The minimum absolute atomic E-state index is 0.0402. The second-order valence-corrected chi connectivity index (χ2v) is 9.85. The van der Waals surface area contributed by atoms with Crippen LogP contribution in [0, 0.1) is 5.82 Å². The molecular weight excluding hydrogens is 489 g/mol. The lowest BCUT2D eigenvalue weighted by Crippen LogP contribution is -2.34. The molecule has 1 saturated heterocycles. The number of hydrogen-bond donors (Lipinski definition) is 1. The number of furan rings is 1. The molecule has 4 aromatic heterocycles. The molecule has 3 atom stereocenters. The van der Waals surface area contributed by atoms with Gasteiger partial charge in [-0.05, 0) is 38.3 Å². The molecule has 3 unspecified atom stereocenters. The van der Waals surface area contributed by atoms with Gasteiger partial charge in [-0.15, -0.1) is 0 Å². The zero-order chi connectivity index (χ0) is 26.6. The van der Waals surface area contributed by atoms with Crippen LogP contribution in [-0.4, -0.2) is 42.1 Å². The van der Waals surface area contributed by atoms with Crippen molar-refractivity contribution in [2.24, 2.45) is 7.05 Å². The zero-order valence-corrected chi connectivity index (χ0v) is 21.4. The van der Waals surface area contributed by atoms with Gasteiger partial charge < -0.3 is 14.3 Å². The van der Waals surface area contributed by atoms with Crippen molar-refractivity contribution in [1.82, 2.24) is 24.3 Å². The third kappa shape index (κ3) is 4.10. The largest absolute Gasteiger partial charge is 0.452 e. The molecule has 0 amide bonds. The lowest BCUT2D eigenvalue weighted by atomic mass is 10.00. The van der Waals surface area contributed by atoms with E-state index in [2.05, 4.69) is 22.0 Å². The number of hydrogen-bond acceptors (Lipinski definition) is 7. The third-order valence-electron chi connectivity index (χ3n) is 7.28. The first-order valence-corrected chi connectivity index (χ1v) is 12.8. The molecule has 1 aromatic carbocycles. The highest BCUT2D eigenvalue weighted by molar-refractivity contribution is 6.08. The van der Waals surface area contributed by atoms with Gasteiger partial charge in [-0.1, -0.05) is 13.0 Å². The first kappa shape index (κ1) is 24.4. The lowest BCUT2D eigenvalue weighted by molar-refractivity contribution is -0.00709. The van der Waals surface area contributed by atoms with E-state index in [1.165, 1.54) is 12.3 Å². The Kier molecular flexibility index (Phi) is 6.08. The number of benzene rings is 1. The van der Waals surface area contributed by atoms with Gasteiger partial charge in [0.15, 0.2) is 5.58 Å². The van der Waals surface area contributed by atoms with E-state index >= 15 is 4.39 Å². The Balaban J connectivity index is 1.63. The summed E-state index contributed by atoms with van der Waals surface area (Å²) in [6.07, 6.45) is 6.41. The fourth-order valence-corrected chi connectivity index (χ4v) is 5.29. The van der Waals surface area contributed by atoms with E-state index in [4.69, 9.17) is 9.15 Å². The Morgan fingerprint density at radius 1 is 1.24 bits per heavy atom. The zero-order valence-electron chi connectivity index (χ0n) is 21.4. The number of rotatable bonds is 5. The van der Waals surface area contributed by atoms with Crippen molar-refractivity contribution in [2.75, 3.05) is 6.61 Å². The van der Waals surface area contributed by atoms with E-state index in [0.717, 1.165) is 6.42 Å². The Bertz CT molecular complexity index is 1700. The molecule has 1 fully saturated rings. The summed E-state index contributed by atoms with van der Waals surface area (Å²) in [7, 11) is 1.78. The normalized spacial score (nSPS) is 18.9. The van der Waals surface area contributed by atoms with Crippen LogP contribution in [0.4, 0.5) is 4.39 Å². The molecule has 9 nitrogen and oxygen atoms in total. The quantitative estimate of drug-likeness (QED) is 0.352. The van der Waals surface area contributed by atoms with Crippen LogP contribution in [0.2, 0.25) is 0 Å². The van der Waals surface area contributed by atoms with Gasteiger partial charge in [0.2, 0.25) is 0 Å². The van der Waals surface area contributed by atoms with Crippen LogP contribution in [0.1, 0.15) is 50.9 Å². The maximum absolute atomic E-state index is 15.4. The van der Waals surface area contributed by atoms with E-state index in [1.54, 1.807) is 53.8 Å². The minimum atomic E-state index is -0.728. The molecule has 0 spiro atoms. The standard InChI is InChI=1S/C28H28FN5O4/c1-4-19-9-18(7-8-37-19)34-26-21-10-20(16-5-6-23(15(2)35)30-12-16)22(29)11-24(21)38-27(26)25(32-28(34)36)17-13-31-33(3)14-17/h5-6,10-15,18-19,35H,4,7-9H2,1-3H3. The molecule has 0 bridgehead atoms. The summed E-state index contributed by atoms with van der Waals surface area (Å²) in [5.41, 5.74) is 3.29. The van der Waals surface area contributed by atoms with Gasteiger partial charge in [-0.25, -0.2) is 9.18 Å². The highest BCUT2D eigenvalue weighted by atomic mass is 19.1. The van der Waals surface area contributed by atoms with Crippen LogP contribution in [0.5, 0.6) is 0 Å². The van der Waals surface area contributed by atoms with Crippen molar-refractivity contribution in [1.29, 1.82) is 0 Å². The average molecular weight is 518 g/mol. The molecule has 38 heavy (non-hydrogen) atoms. The number of aliphatic hydroxyl groups is 1. The molecule has 5 aromatic rings. The van der Waals surface area contributed by atoms with Crippen molar-refractivity contribution in [3.63, 3.8) is 0 Å². The highest BCUT2D eigenvalue weighted by Gasteiger charge is 2.29. The Morgan fingerprint density at radius 3 is 2.76 bits per heavy atom. The smallest absolute Gasteiger partial charge is 0.349 e. The molecule has 1 aliphatic heterocycles. The van der Waals surface area contributed by atoms with E-state index in [9.17, 15) is 9.90 Å². The molecule has 1 aliphatic rings. The average Bonchev–Trinajstić information content (AvgIpc) is 3.51. The monoisotopic (exact) mass is 517 g/mol. The summed E-state index contributed by atoms with van der Waals surface area (Å²) in [6, 6.07) is 6.30. The minimum Gasteiger partial charge on any atom is -0.452 e. The molecule has 6 rings (SSSR count). The summed E-state index contributed by atoms with van der Waals surface area (Å²) >= 11 is 0. The molecular formula is C28H28FN5O4. The number of fused-ring (bicyclic) bond motifs is 3. The Morgan fingerprint density at radius 2 is 2.08 bits per heavy atom. The van der Waals surface area contributed by atoms with Crippen LogP contribution in [0.25, 0.3) is 44.5 Å². The SMILES string of the molecule is CCC1CC(n2c(=O)nc(-c3cnn(C)c3)c3oc4cc(F)c(-c5ccc(C(C)O)nc5)cc4c32)CCO1. The first-order valence-electron chi connectivity index (χ1n) is 12.8. The second-order valence-electron chi connectivity index (χ2n) is 9.85. The van der Waals surface area contributed by atoms with Gasteiger partial charge in [0.05, 0.1) is 24.1 Å². The van der Waals surface area contributed by atoms with E-state index in [0.29, 0.717) is 69.6 Å². The predicted molar refractivity (Wildman–Crippen MR) is 140 cm³/mol. The molecule has 0 saturated carbocycles. The Hall–Kier alpha value is -3.89. The fourth-order valence-electron chi connectivity index (χ4n) is 5.29. The van der Waals surface area contributed by atoms with Crippen LogP contribution in [0.15, 0.2) is 52.1 Å². The highest BCUT2D eigenvalue weighted by Crippen LogP contribution is 2.39. The number of nitrogens with zero attached hydrogens (tertiary/aromatic N) is 5. The number of aromatic nitrogens is 5. The van der Waals surface area contributed by atoms with Gasteiger partial charge >= 0.3 is 5.69 Å². The topological polar surface area (TPSA) is 108 Å². The van der Waals surface area contributed by atoms with Crippen molar-refractivity contribution in [3.8, 4) is 22.4 Å². The van der Waals surface area contributed by atoms with E-state index < -0.39 is 17.6 Å². The summed E-state index contributed by atoms with van der Waals surface area (Å²) in [5.74, 6) is -0.481. The third-order valence-corrected chi connectivity index (χ3v) is 7.28. The summed E-state index contributed by atoms with van der Waals surface area (Å²) in [5, 5.41) is 14.6. The maximum atomic E-state index is 15.4.